The molecule has 0 saturated carbocycles. The van der Waals surface area contributed by atoms with Gasteiger partial charge in [0.05, 0.1) is 0 Å². The minimum Gasteiger partial charge on any atom is -0.329 e. The van der Waals surface area contributed by atoms with Crippen LogP contribution in [0.1, 0.15) is 0 Å². The first kappa shape index (κ1) is 11.0. The summed E-state index contributed by atoms with van der Waals surface area (Å²) in [7, 11) is 1.86. The monoisotopic (exact) mass is 281 g/mol. The van der Waals surface area contributed by atoms with Gasteiger partial charge in [0.15, 0.2) is 0 Å². The van der Waals surface area contributed by atoms with Crippen LogP contribution in [-0.2, 0) is 0 Å². The average Bonchev–Trinajstić information content (AvgIpc) is 2.29. The zero-order valence-electron chi connectivity index (χ0n) is 8.56. The molecule has 1 heterocycles. The summed E-state index contributed by atoms with van der Waals surface area (Å²) in [5.74, 6) is 0.495. The summed E-state index contributed by atoms with van der Waals surface area (Å²) < 4.78 is 13.5. The fourth-order valence-electron chi connectivity index (χ4n) is 1.30. The van der Waals surface area contributed by atoms with E-state index in [1.165, 1.54) is 18.5 Å². The van der Waals surface area contributed by atoms with E-state index in [9.17, 15) is 4.39 Å². The van der Waals surface area contributed by atoms with Crippen LogP contribution < -0.4 is 4.90 Å². The molecule has 0 radical (unpaired) electrons. The van der Waals surface area contributed by atoms with Gasteiger partial charge in [-0.3, -0.25) is 0 Å². The van der Waals surface area contributed by atoms with Crippen molar-refractivity contribution < 1.29 is 4.39 Å². The third-order valence-electron chi connectivity index (χ3n) is 2.18. The van der Waals surface area contributed by atoms with Gasteiger partial charge in [-0.25, -0.2) is 14.4 Å². The molecule has 16 heavy (non-hydrogen) atoms. The number of hydrogen-bond donors (Lipinski definition) is 0. The van der Waals surface area contributed by atoms with Crippen LogP contribution in [0, 0.1) is 5.82 Å². The molecule has 0 atom stereocenters. The normalized spacial score (nSPS) is 10.2. The fourth-order valence-corrected chi connectivity index (χ4v) is 1.60. The van der Waals surface area contributed by atoms with E-state index < -0.39 is 0 Å². The molecule has 82 valence electrons. The molecule has 0 amide bonds. The van der Waals surface area contributed by atoms with Gasteiger partial charge >= 0.3 is 0 Å². The Labute approximate surface area is 101 Å². The van der Waals surface area contributed by atoms with E-state index in [1.54, 1.807) is 18.2 Å². The first-order valence-electron chi connectivity index (χ1n) is 4.63. The van der Waals surface area contributed by atoms with Gasteiger partial charge in [0, 0.05) is 18.8 Å². The van der Waals surface area contributed by atoms with E-state index in [0.717, 1.165) is 11.5 Å². The summed E-state index contributed by atoms with van der Waals surface area (Å²) in [5, 5.41) is 0. The van der Waals surface area contributed by atoms with Gasteiger partial charge in [-0.2, -0.15) is 0 Å². The van der Waals surface area contributed by atoms with E-state index in [-0.39, 0.29) is 5.82 Å². The van der Waals surface area contributed by atoms with Crippen molar-refractivity contribution in [2.45, 2.75) is 0 Å². The van der Waals surface area contributed by atoms with E-state index >= 15 is 0 Å². The maximum Gasteiger partial charge on any atom is 0.137 e. The topological polar surface area (TPSA) is 29.0 Å². The molecular weight excluding hydrogens is 273 g/mol. The third-order valence-corrected chi connectivity index (χ3v) is 2.61. The van der Waals surface area contributed by atoms with Crippen LogP contribution in [0.2, 0.25) is 0 Å². The van der Waals surface area contributed by atoms with Gasteiger partial charge in [-0.1, -0.05) is 0 Å². The molecule has 2 aromatic rings. The molecule has 0 aliphatic carbocycles. The van der Waals surface area contributed by atoms with Gasteiger partial charge in [-0.15, -0.1) is 0 Å². The minimum atomic E-state index is -0.249. The average molecular weight is 282 g/mol. The first-order valence-corrected chi connectivity index (χ1v) is 5.43. The van der Waals surface area contributed by atoms with Gasteiger partial charge in [0.25, 0.3) is 0 Å². The minimum absolute atomic E-state index is 0.249. The fraction of sp³-hybridized carbons (Fsp3) is 0.0909. The molecule has 3 nitrogen and oxygen atoms in total. The number of anilines is 2. The Bertz CT molecular complexity index is 487. The SMILES string of the molecule is CN(c1ccc(F)cc1)c1cc(Br)ncn1. The van der Waals surface area contributed by atoms with E-state index in [1.807, 2.05) is 11.9 Å². The van der Waals surface area contributed by atoms with E-state index in [2.05, 4.69) is 25.9 Å². The number of hydrogen-bond acceptors (Lipinski definition) is 3. The van der Waals surface area contributed by atoms with E-state index in [0.29, 0.717) is 4.60 Å². The molecule has 0 saturated heterocycles. The number of aromatic nitrogens is 2. The van der Waals surface area contributed by atoms with Crippen molar-refractivity contribution in [3.8, 4) is 0 Å². The Morgan fingerprint density at radius 2 is 1.88 bits per heavy atom. The maximum atomic E-state index is 12.8. The lowest BCUT2D eigenvalue weighted by atomic mass is 10.3. The molecule has 0 aliphatic heterocycles. The summed E-state index contributed by atoms with van der Waals surface area (Å²) >= 11 is 3.28. The molecule has 0 unspecified atom stereocenters. The highest BCUT2D eigenvalue weighted by Crippen LogP contribution is 2.22. The summed E-state index contributed by atoms with van der Waals surface area (Å²) in [4.78, 5) is 9.93. The summed E-state index contributed by atoms with van der Waals surface area (Å²) in [5.41, 5.74) is 0.868. The second kappa shape index (κ2) is 4.57. The molecule has 1 aromatic heterocycles. The smallest absolute Gasteiger partial charge is 0.137 e. The molecule has 0 bridgehead atoms. The Morgan fingerprint density at radius 1 is 1.19 bits per heavy atom. The molecule has 1 aromatic carbocycles. The highest BCUT2D eigenvalue weighted by molar-refractivity contribution is 9.10. The lowest BCUT2D eigenvalue weighted by Crippen LogP contribution is -2.11. The molecule has 2 rings (SSSR count). The van der Waals surface area contributed by atoms with Crippen LogP contribution in [0.4, 0.5) is 15.9 Å². The number of rotatable bonds is 2. The quantitative estimate of drug-likeness (QED) is 0.792. The van der Waals surface area contributed by atoms with Crippen molar-refractivity contribution in [1.82, 2.24) is 9.97 Å². The Balaban J connectivity index is 2.31. The van der Waals surface area contributed by atoms with Crippen molar-refractivity contribution in [1.29, 1.82) is 0 Å². The van der Waals surface area contributed by atoms with Crippen molar-refractivity contribution in [3.63, 3.8) is 0 Å². The van der Waals surface area contributed by atoms with Gasteiger partial charge < -0.3 is 4.90 Å². The van der Waals surface area contributed by atoms with Crippen molar-refractivity contribution in [2.75, 3.05) is 11.9 Å². The van der Waals surface area contributed by atoms with Gasteiger partial charge in [0.1, 0.15) is 22.6 Å². The summed E-state index contributed by atoms with van der Waals surface area (Å²) in [6.45, 7) is 0. The van der Waals surface area contributed by atoms with Gasteiger partial charge in [-0.05, 0) is 40.2 Å². The number of nitrogens with zero attached hydrogens (tertiary/aromatic N) is 3. The highest BCUT2D eigenvalue weighted by Gasteiger charge is 2.05. The third kappa shape index (κ3) is 2.36. The standard InChI is InChI=1S/C11H9BrFN3/c1-16(9-4-2-8(13)3-5-9)11-6-10(12)14-7-15-11/h2-7H,1H3. The Hall–Kier alpha value is -1.49. The molecule has 5 heteroatoms. The van der Waals surface area contributed by atoms with E-state index in [4.69, 9.17) is 0 Å². The van der Waals surface area contributed by atoms with Crippen LogP contribution >= 0.6 is 15.9 Å². The lowest BCUT2D eigenvalue weighted by Gasteiger charge is -2.17. The molecule has 0 N–H and O–H groups in total. The highest BCUT2D eigenvalue weighted by atomic mass is 79.9. The lowest BCUT2D eigenvalue weighted by molar-refractivity contribution is 0.628. The summed E-state index contributed by atoms with van der Waals surface area (Å²) in [6, 6.07) is 8.03. The number of benzene rings is 1. The predicted octanol–water partition coefficient (Wildman–Crippen LogP) is 3.15. The predicted molar refractivity (Wildman–Crippen MR) is 64.2 cm³/mol. The molecule has 0 fully saturated rings. The Kier molecular flexibility index (Phi) is 3.14. The molecule has 0 spiro atoms. The van der Waals surface area contributed by atoms with Gasteiger partial charge in [0.2, 0.25) is 0 Å². The maximum absolute atomic E-state index is 12.8. The molecule has 0 aliphatic rings. The zero-order valence-corrected chi connectivity index (χ0v) is 10.1. The second-order valence-electron chi connectivity index (χ2n) is 3.23. The zero-order chi connectivity index (χ0) is 11.5. The molecular formula is C11H9BrFN3. The van der Waals surface area contributed by atoms with Crippen LogP contribution in [0.15, 0.2) is 41.3 Å². The summed E-state index contributed by atoms with van der Waals surface area (Å²) in [6.07, 6.45) is 1.47. The number of halogens is 2. The van der Waals surface area contributed by atoms with Crippen LogP contribution in [0.25, 0.3) is 0 Å². The second-order valence-corrected chi connectivity index (χ2v) is 4.05. The largest absolute Gasteiger partial charge is 0.329 e. The van der Waals surface area contributed by atoms with Crippen molar-refractivity contribution in [3.05, 3.63) is 47.1 Å². The van der Waals surface area contributed by atoms with Crippen LogP contribution in [-0.4, -0.2) is 17.0 Å². The van der Waals surface area contributed by atoms with Crippen molar-refractivity contribution >= 4 is 27.4 Å². The van der Waals surface area contributed by atoms with Crippen LogP contribution in [0.3, 0.4) is 0 Å². The Morgan fingerprint density at radius 3 is 2.50 bits per heavy atom. The van der Waals surface area contributed by atoms with Crippen molar-refractivity contribution in [2.24, 2.45) is 0 Å². The first-order chi connectivity index (χ1) is 7.66. The van der Waals surface area contributed by atoms with Crippen LogP contribution in [0.5, 0.6) is 0 Å².